The first-order valence-electron chi connectivity index (χ1n) is 8.11. The van der Waals surface area contributed by atoms with Crippen molar-refractivity contribution in [3.63, 3.8) is 0 Å². The SMILES string of the molecule is CC.Cc1c([N+](=O)[O-])c(OCCCO)nn1C1CC2(COC2)C1. The van der Waals surface area contributed by atoms with Gasteiger partial charge in [-0.2, -0.15) is 0 Å². The van der Waals surface area contributed by atoms with Crippen molar-refractivity contribution in [3.8, 4) is 5.88 Å². The van der Waals surface area contributed by atoms with Crippen molar-refractivity contribution in [1.29, 1.82) is 0 Å². The van der Waals surface area contributed by atoms with Gasteiger partial charge >= 0.3 is 11.6 Å². The van der Waals surface area contributed by atoms with Crippen molar-refractivity contribution in [1.82, 2.24) is 9.78 Å². The highest BCUT2D eigenvalue weighted by atomic mass is 16.6. The molecule has 8 heteroatoms. The molecule has 1 aliphatic heterocycles. The highest BCUT2D eigenvalue weighted by molar-refractivity contribution is 5.45. The van der Waals surface area contributed by atoms with Crippen LogP contribution in [0.4, 0.5) is 5.69 Å². The van der Waals surface area contributed by atoms with Crippen LogP contribution >= 0.6 is 0 Å². The van der Waals surface area contributed by atoms with Crippen molar-refractivity contribution in [2.45, 2.75) is 46.1 Å². The lowest BCUT2D eigenvalue weighted by molar-refractivity contribution is -0.386. The quantitative estimate of drug-likeness (QED) is 0.488. The van der Waals surface area contributed by atoms with E-state index in [1.165, 1.54) is 0 Å². The lowest BCUT2D eigenvalue weighted by Gasteiger charge is -2.53. The fraction of sp³-hybridized carbons (Fsp3) is 0.800. The van der Waals surface area contributed by atoms with E-state index in [1.54, 1.807) is 11.6 Å². The summed E-state index contributed by atoms with van der Waals surface area (Å²) in [6, 6.07) is 0.183. The third-order valence-corrected chi connectivity index (χ3v) is 4.31. The molecule has 130 valence electrons. The van der Waals surface area contributed by atoms with Crippen LogP contribution in [0.15, 0.2) is 0 Å². The first-order valence-corrected chi connectivity index (χ1v) is 8.11. The van der Waals surface area contributed by atoms with Gasteiger partial charge in [-0.1, -0.05) is 13.8 Å². The van der Waals surface area contributed by atoms with Gasteiger partial charge in [-0.15, -0.1) is 5.10 Å². The second kappa shape index (κ2) is 7.27. The molecule has 0 unspecified atom stereocenters. The lowest BCUT2D eigenvalue weighted by atomic mass is 9.64. The zero-order valence-corrected chi connectivity index (χ0v) is 13.9. The van der Waals surface area contributed by atoms with Gasteiger partial charge in [-0.3, -0.25) is 14.8 Å². The fourth-order valence-electron chi connectivity index (χ4n) is 3.12. The molecule has 2 aliphatic rings. The molecule has 0 amide bonds. The van der Waals surface area contributed by atoms with E-state index in [2.05, 4.69) is 5.10 Å². The topological polar surface area (TPSA) is 99.7 Å². The average molecular weight is 327 g/mol. The molecular weight excluding hydrogens is 302 g/mol. The molecule has 0 atom stereocenters. The third-order valence-electron chi connectivity index (χ3n) is 4.31. The Morgan fingerprint density at radius 1 is 1.48 bits per heavy atom. The van der Waals surface area contributed by atoms with E-state index >= 15 is 0 Å². The molecule has 0 radical (unpaired) electrons. The molecule has 0 aromatic carbocycles. The lowest BCUT2D eigenvalue weighted by Crippen LogP contribution is -2.52. The number of hydrogen-bond donors (Lipinski definition) is 1. The van der Waals surface area contributed by atoms with Crippen LogP contribution in [0.5, 0.6) is 5.88 Å². The Hall–Kier alpha value is -1.67. The minimum absolute atomic E-state index is 0.0152. The zero-order chi connectivity index (χ0) is 17.0. The van der Waals surface area contributed by atoms with Crippen molar-refractivity contribution < 1.29 is 19.5 Å². The first kappa shape index (κ1) is 17.7. The maximum atomic E-state index is 11.2. The molecule has 1 aromatic heterocycles. The second-order valence-corrected chi connectivity index (χ2v) is 5.92. The van der Waals surface area contributed by atoms with Crippen LogP contribution in [-0.2, 0) is 4.74 Å². The molecule has 1 saturated heterocycles. The summed E-state index contributed by atoms with van der Waals surface area (Å²) in [6.45, 7) is 7.47. The summed E-state index contributed by atoms with van der Waals surface area (Å²) in [5.74, 6) is 0.0526. The van der Waals surface area contributed by atoms with Gasteiger partial charge in [0.25, 0.3) is 0 Å². The van der Waals surface area contributed by atoms with Crippen LogP contribution in [0.3, 0.4) is 0 Å². The predicted molar refractivity (Wildman–Crippen MR) is 83.7 cm³/mol. The summed E-state index contributed by atoms with van der Waals surface area (Å²) in [4.78, 5) is 10.8. The van der Waals surface area contributed by atoms with E-state index in [-0.39, 0.29) is 36.2 Å². The van der Waals surface area contributed by atoms with Gasteiger partial charge in [0.2, 0.25) is 0 Å². The second-order valence-electron chi connectivity index (χ2n) is 5.92. The number of aromatic nitrogens is 2. The molecule has 2 heterocycles. The minimum atomic E-state index is -0.450. The van der Waals surface area contributed by atoms with Crippen LogP contribution < -0.4 is 4.74 Å². The van der Waals surface area contributed by atoms with Gasteiger partial charge in [-0.05, 0) is 19.8 Å². The van der Waals surface area contributed by atoms with Crippen LogP contribution in [-0.4, -0.2) is 46.2 Å². The van der Waals surface area contributed by atoms with Gasteiger partial charge < -0.3 is 14.6 Å². The summed E-state index contributed by atoms with van der Waals surface area (Å²) in [5, 5.41) is 24.3. The van der Waals surface area contributed by atoms with Crippen molar-refractivity contribution >= 4 is 5.69 Å². The number of rotatable bonds is 6. The van der Waals surface area contributed by atoms with Crippen molar-refractivity contribution in [3.05, 3.63) is 15.8 Å². The molecule has 1 saturated carbocycles. The predicted octanol–water partition coefficient (Wildman–Crippen LogP) is 2.24. The summed E-state index contributed by atoms with van der Waals surface area (Å²) in [7, 11) is 0. The standard InChI is InChI=1S/C13H19N3O5.C2H6/c1-9-11(16(18)19)12(21-4-2-3-17)14-15(9)10-5-13(6-10)7-20-8-13;1-2/h10,17H,2-8H2,1H3;1-2H3. The van der Waals surface area contributed by atoms with E-state index in [4.69, 9.17) is 14.6 Å². The summed E-state index contributed by atoms with van der Waals surface area (Å²) < 4.78 is 12.3. The summed E-state index contributed by atoms with van der Waals surface area (Å²) >= 11 is 0. The van der Waals surface area contributed by atoms with Crippen LogP contribution in [0.2, 0.25) is 0 Å². The summed E-state index contributed by atoms with van der Waals surface area (Å²) in [6.07, 6.45) is 2.32. The van der Waals surface area contributed by atoms with E-state index in [0.717, 1.165) is 26.1 Å². The smallest absolute Gasteiger partial charge is 0.352 e. The van der Waals surface area contributed by atoms with Gasteiger partial charge in [0.15, 0.2) is 0 Å². The molecule has 23 heavy (non-hydrogen) atoms. The fourth-order valence-corrected chi connectivity index (χ4v) is 3.12. The molecule has 8 nitrogen and oxygen atoms in total. The molecule has 0 bridgehead atoms. The van der Waals surface area contributed by atoms with E-state index < -0.39 is 4.92 Å². The van der Waals surface area contributed by atoms with E-state index in [0.29, 0.717) is 12.1 Å². The largest absolute Gasteiger partial charge is 0.472 e. The molecule has 1 aromatic rings. The van der Waals surface area contributed by atoms with Crippen molar-refractivity contribution in [2.24, 2.45) is 5.41 Å². The molecule has 1 aliphatic carbocycles. The average Bonchev–Trinajstić information content (AvgIpc) is 2.76. The Labute approximate surface area is 135 Å². The Morgan fingerprint density at radius 3 is 2.61 bits per heavy atom. The monoisotopic (exact) mass is 327 g/mol. The number of nitro groups is 1. The molecule has 2 fully saturated rings. The van der Waals surface area contributed by atoms with E-state index in [9.17, 15) is 10.1 Å². The van der Waals surface area contributed by atoms with Crippen LogP contribution in [0, 0.1) is 22.5 Å². The van der Waals surface area contributed by atoms with Crippen LogP contribution in [0.1, 0.15) is 44.8 Å². The maximum absolute atomic E-state index is 11.2. The van der Waals surface area contributed by atoms with E-state index in [1.807, 2.05) is 13.8 Å². The number of aliphatic hydroxyl groups is 1. The number of hydrogen-bond acceptors (Lipinski definition) is 6. The highest BCUT2D eigenvalue weighted by Gasteiger charge is 2.51. The number of nitrogens with zero attached hydrogens (tertiary/aromatic N) is 3. The molecule has 1 N–H and O–H groups in total. The van der Waals surface area contributed by atoms with Gasteiger partial charge in [0, 0.05) is 18.4 Å². The van der Waals surface area contributed by atoms with Gasteiger partial charge in [0.1, 0.15) is 5.69 Å². The Kier molecular flexibility index (Phi) is 5.59. The Morgan fingerprint density at radius 2 is 2.13 bits per heavy atom. The molecule has 3 rings (SSSR count). The Balaban J connectivity index is 0.000000924. The maximum Gasteiger partial charge on any atom is 0.352 e. The third kappa shape index (κ3) is 3.32. The molecule has 1 spiro atoms. The van der Waals surface area contributed by atoms with Crippen molar-refractivity contribution in [2.75, 3.05) is 26.4 Å². The number of ether oxygens (including phenoxy) is 2. The first-order chi connectivity index (χ1) is 11.1. The summed E-state index contributed by atoms with van der Waals surface area (Å²) in [5.41, 5.74) is 0.730. The van der Waals surface area contributed by atoms with Gasteiger partial charge in [-0.25, -0.2) is 0 Å². The van der Waals surface area contributed by atoms with Gasteiger partial charge in [0.05, 0.1) is 30.8 Å². The normalized spacial score (nSPS) is 18.6. The Bertz CT molecular complexity index is 546. The zero-order valence-electron chi connectivity index (χ0n) is 13.9. The molecular formula is C15H25N3O5. The number of aliphatic hydroxyl groups excluding tert-OH is 1. The minimum Gasteiger partial charge on any atom is -0.472 e. The highest BCUT2D eigenvalue weighted by Crippen LogP contribution is 2.53. The van der Waals surface area contributed by atoms with Crippen LogP contribution in [0.25, 0.3) is 0 Å².